The van der Waals surface area contributed by atoms with Gasteiger partial charge in [0.2, 0.25) is 0 Å². The minimum atomic E-state index is -2.60. The van der Waals surface area contributed by atoms with Crippen molar-refractivity contribution in [2.75, 3.05) is 32.8 Å². The maximum absolute atomic E-state index is 12.9. The number of fused-ring (bicyclic) bond motifs is 1. The van der Waals surface area contributed by atoms with Crippen molar-refractivity contribution in [1.82, 2.24) is 19.4 Å². The Balaban J connectivity index is 1.29. The number of hydrogen-bond acceptors (Lipinski definition) is 4. The van der Waals surface area contributed by atoms with Crippen LogP contribution in [0.3, 0.4) is 0 Å². The van der Waals surface area contributed by atoms with Crippen LogP contribution in [-0.4, -0.2) is 58.0 Å². The van der Waals surface area contributed by atoms with Gasteiger partial charge in [0, 0.05) is 44.0 Å². The number of aromatic nitrogens is 2. The number of imidazole rings is 1. The number of rotatable bonds is 6. The van der Waals surface area contributed by atoms with Crippen molar-refractivity contribution in [3.63, 3.8) is 0 Å². The summed E-state index contributed by atoms with van der Waals surface area (Å²) in [7, 11) is 0. The summed E-state index contributed by atoms with van der Waals surface area (Å²) in [5, 5.41) is 2.04. The molecule has 152 valence electrons. The van der Waals surface area contributed by atoms with Crippen LogP contribution in [0.2, 0.25) is 0 Å². The topological polar surface area (TPSA) is 50.6 Å². The minimum absolute atomic E-state index is 0.0240. The first-order valence-corrected chi connectivity index (χ1v) is 9.52. The third kappa shape index (κ3) is 4.37. The summed E-state index contributed by atoms with van der Waals surface area (Å²) in [6.07, 6.45) is 2.66. The van der Waals surface area contributed by atoms with Gasteiger partial charge >= 0.3 is 6.55 Å². The Hall–Kier alpha value is -3.00. The van der Waals surface area contributed by atoms with E-state index < -0.39 is 6.55 Å². The Labute approximate surface area is 167 Å². The van der Waals surface area contributed by atoms with Crippen LogP contribution in [0.5, 0.6) is 5.75 Å². The van der Waals surface area contributed by atoms with Gasteiger partial charge in [-0.25, -0.2) is 4.98 Å². The van der Waals surface area contributed by atoms with Crippen molar-refractivity contribution < 1.29 is 18.3 Å². The first-order chi connectivity index (χ1) is 14.1. The van der Waals surface area contributed by atoms with Gasteiger partial charge in [0.1, 0.15) is 11.6 Å². The number of ether oxygens (including phenoxy) is 1. The number of hydrogen-bond donors (Lipinski definition) is 0. The van der Waals surface area contributed by atoms with Crippen molar-refractivity contribution in [3.05, 3.63) is 60.7 Å². The molecule has 0 saturated carbocycles. The van der Waals surface area contributed by atoms with E-state index in [2.05, 4.69) is 4.98 Å². The fourth-order valence-corrected chi connectivity index (χ4v) is 3.55. The van der Waals surface area contributed by atoms with Gasteiger partial charge in [-0.3, -0.25) is 14.3 Å². The van der Waals surface area contributed by atoms with Crippen LogP contribution in [0.15, 0.2) is 54.9 Å². The zero-order chi connectivity index (χ0) is 20.2. The molecule has 1 amide bonds. The van der Waals surface area contributed by atoms with E-state index in [1.54, 1.807) is 4.90 Å². The molecule has 1 aromatic heterocycles. The van der Waals surface area contributed by atoms with Gasteiger partial charge in [-0.1, -0.05) is 36.4 Å². The van der Waals surface area contributed by atoms with E-state index in [-0.39, 0.29) is 12.5 Å². The van der Waals surface area contributed by atoms with Gasteiger partial charge in [-0.05, 0) is 11.5 Å². The molecule has 0 aliphatic carbocycles. The molecule has 1 aliphatic rings. The van der Waals surface area contributed by atoms with Gasteiger partial charge in [0.25, 0.3) is 5.91 Å². The maximum Gasteiger partial charge on any atom is 0.319 e. The standard InChI is InChI=1S/C21H22F2N4O2/c22-21(23)27-9-8-24-19(27)14-25-10-12-26(13-11-25)20(28)15-29-18-7-3-5-16-4-1-2-6-17(16)18/h1-9,21H,10-15H2. The van der Waals surface area contributed by atoms with Gasteiger partial charge in [0.05, 0.1) is 6.54 Å². The second-order valence-corrected chi connectivity index (χ2v) is 6.95. The number of carbonyl (C=O) groups excluding carboxylic acids is 1. The van der Waals surface area contributed by atoms with Crippen molar-refractivity contribution >= 4 is 16.7 Å². The zero-order valence-electron chi connectivity index (χ0n) is 15.9. The number of piperazine rings is 1. The molecule has 1 saturated heterocycles. The number of amides is 1. The van der Waals surface area contributed by atoms with Crippen LogP contribution < -0.4 is 4.74 Å². The van der Waals surface area contributed by atoms with Gasteiger partial charge in [-0.15, -0.1) is 0 Å². The summed E-state index contributed by atoms with van der Waals surface area (Å²) >= 11 is 0. The SMILES string of the molecule is O=C(COc1cccc2ccccc12)N1CCN(Cc2nccn2C(F)F)CC1. The predicted molar refractivity (Wildman–Crippen MR) is 105 cm³/mol. The molecule has 0 N–H and O–H groups in total. The third-order valence-corrected chi connectivity index (χ3v) is 5.15. The lowest BCUT2D eigenvalue weighted by Gasteiger charge is -2.34. The largest absolute Gasteiger partial charge is 0.483 e. The summed E-state index contributed by atoms with van der Waals surface area (Å²) in [5.41, 5.74) is 0. The van der Waals surface area contributed by atoms with Gasteiger partial charge < -0.3 is 9.64 Å². The van der Waals surface area contributed by atoms with Crippen LogP contribution >= 0.6 is 0 Å². The molecule has 2 aromatic carbocycles. The van der Waals surface area contributed by atoms with Crippen molar-refractivity contribution in [3.8, 4) is 5.75 Å². The molecule has 3 aromatic rings. The van der Waals surface area contributed by atoms with E-state index >= 15 is 0 Å². The Kier molecular flexibility index (Phi) is 5.71. The highest BCUT2D eigenvalue weighted by atomic mass is 19.3. The molecule has 0 bridgehead atoms. The van der Waals surface area contributed by atoms with Crippen LogP contribution in [0.25, 0.3) is 10.8 Å². The van der Waals surface area contributed by atoms with E-state index in [1.165, 1.54) is 12.4 Å². The maximum atomic E-state index is 12.9. The predicted octanol–water partition coefficient (Wildman–Crippen LogP) is 3.15. The molecule has 2 heterocycles. The average molecular weight is 400 g/mol. The molecule has 1 fully saturated rings. The molecular formula is C21H22F2N4O2. The van der Waals surface area contributed by atoms with E-state index in [1.807, 2.05) is 47.4 Å². The van der Waals surface area contributed by atoms with Gasteiger partial charge in [-0.2, -0.15) is 8.78 Å². The smallest absolute Gasteiger partial charge is 0.319 e. The van der Waals surface area contributed by atoms with Crippen LogP contribution in [-0.2, 0) is 11.3 Å². The minimum Gasteiger partial charge on any atom is -0.483 e. The first-order valence-electron chi connectivity index (χ1n) is 9.52. The van der Waals surface area contributed by atoms with Crippen molar-refractivity contribution in [1.29, 1.82) is 0 Å². The third-order valence-electron chi connectivity index (χ3n) is 5.15. The van der Waals surface area contributed by atoms with E-state index in [0.717, 1.165) is 15.3 Å². The van der Waals surface area contributed by atoms with Crippen molar-refractivity contribution in [2.24, 2.45) is 0 Å². The normalized spacial score (nSPS) is 15.2. The summed E-state index contributed by atoms with van der Waals surface area (Å²) < 4.78 is 32.5. The lowest BCUT2D eigenvalue weighted by Crippen LogP contribution is -2.49. The highest BCUT2D eigenvalue weighted by molar-refractivity contribution is 5.88. The zero-order valence-corrected chi connectivity index (χ0v) is 15.9. The highest BCUT2D eigenvalue weighted by Gasteiger charge is 2.23. The summed E-state index contributed by atoms with van der Waals surface area (Å²) in [6, 6.07) is 13.6. The molecule has 0 unspecified atom stereocenters. The Bertz CT molecular complexity index is 978. The number of benzene rings is 2. The monoisotopic (exact) mass is 400 g/mol. The van der Waals surface area contributed by atoms with Gasteiger partial charge in [0.15, 0.2) is 6.61 Å². The molecule has 29 heavy (non-hydrogen) atoms. The van der Waals surface area contributed by atoms with Crippen LogP contribution in [0, 0.1) is 0 Å². The molecule has 6 nitrogen and oxygen atoms in total. The molecule has 8 heteroatoms. The van der Waals surface area contributed by atoms with E-state index in [0.29, 0.717) is 44.3 Å². The van der Waals surface area contributed by atoms with Crippen LogP contribution in [0.4, 0.5) is 8.78 Å². The molecular weight excluding hydrogens is 378 g/mol. The lowest BCUT2D eigenvalue weighted by molar-refractivity contribution is -0.135. The van der Waals surface area contributed by atoms with Crippen molar-refractivity contribution in [2.45, 2.75) is 13.1 Å². The average Bonchev–Trinajstić information content (AvgIpc) is 3.21. The second-order valence-electron chi connectivity index (χ2n) is 6.95. The number of halogens is 2. The second kappa shape index (κ2) is 8.57. The summed E-state index contributed by atoms with van der Waals surface area (Å²) in [5.74, 6) is 0.944. The highest BCUT2D eigenvalue weighted by Crippen LogP contribution is 2.25. The molecule has 4 rings (SSSR count). The van der Waals surface area contributed by atoms with E-state index in [4.69, 9.17) is 4.74 Å². The number of carbonyl (C=O) groups is 1. The first kappa shape index (κ1) is 19.3. The quantitative estimate of drug-likeness (QED) is 0.638. The molecule has 0 radical (unpaired) electrons. The molecule has 0 spiro atoms. The van der Waals surface area contributed by atoms with Crippen LogP contribution in [0.1, 0.15) is 12.4 Å². The Morgan fingerprint density at radius 2 is 1.83 bits per heavy atom. The lowest BCUT2D eigenvalue weighted by atomic mass is 10.1. The van der Waals surface area contributed by atoms with E-state index in [9.17, 15) is 13.6 Å². The fraction of sp³-hybridized carbons (Fsp3) is 0.333. The molecule has 0 atom stereocenters. The number of alkyl halides is 2. The Morgan fingerprint density at radius 1 is 1.07 bits per heavy atom. The Morgan fingerprint density at radius 3 is 2.62 bits per heavy atom. The fourth-order valence-electron chi connectivity index (χ4n) is 3.55. The number of nitrogens with zero attached hydrogens (tertiary/aromatic N) is 4. The summed E-state index contributed by atoms with van der Waals surface area (Å²) in [6.45, 7) is 0.00357. The molecule has 1 aliphatic heterocycles. The summed E-state index contributed by atoms with van der Waals surface area (Å²) in [4.78, 5) is 20.3.